The highest BCUT2D eigenvalue weighted by Gasteiger charge is 2.27. The molecule has 34 heavy (non-hydrogen) atoms. The summed E-state index contributed by atoms with van der Waals surface area (Å²) in [4.78, 5) is 39.8. The van der Waals surface area contributed by atoms with E-state index in [-0.39, 0.29) is 28.8 Å². The molecule has 2 aromatic carbocycles. The molecule has 0 radical (unpaired) electrons. The molecule has 3 rings (SSSR count). The molecule has 0 aliphatic rings. The van der Waals surface area contributed by atoms with Gasteiger partial charge in [0, 0.05) is 23.9 Å². The second-order valence-electron chi connectivity index (χ2n) is 7.62. The minimum absolute atomic E-state index is 0.0148. The number of aromatic nitrogens is 1. The van der Waals surface area contributed by atoms with Gasteiger partial charge in [0.15, 0.2) is 0 Å². The quantitative estimate of drug-likeness (QED) is 0.260. The van der Waals surface area contributed by atoms with E-state index in [0.29, 0.717) is 17.1 Å². The lowest BCUT2D eigenvalue weighted by molar-refractivity contribution is -0.384. The SMILES string of the molecule is CC(C)[C@H](NC(=O)c1ccc([N+](=O)[O-])cc1Cl)C(=O)OCc1ccccc1Oc1cccnc1. The van der Waals surface area contributed by atoms with Gasteiger partial charge in [0.25, 0.3) is 11.6 Å². The Morgan fingerprint density at radius 2 is 1.91 bits per heavy atom. The van der Waals surface area contributed by atoms with Crippen molar-refractivity contribution in [1.82, 2.24) is 10.3 Å². The fraction of sp³-hybridized carbons (Fsp3) is 0.208. The Morgan fingerprint density at radius 3 is 2.56 bits per heavy atom. The highest BCUT2D eigenvalue weighted by atomic mass is 35.5. The van der Waals surface area contributed by atoms with Crippen LogP contribution in [0.3, 0.4) is 0 Å². The van der Waals surface area contributed by atoms with Crippen molar-refractivity contribution in [2.75, 3.05) is 0 Å². The molecule has 0 bridgehead atoms. The molecular weight excluding hydrogens is 462 g/mol. The topological polar surface area (TPSA) is 121 Å². The predicted octanol–water partition coefficient (Wildman–Crippen LogP) is 4.93. The van der Waals surface area contributed by atoms with Crippen molar-refractivity contribution < 1.29 is 24.0 Å². The summed E-state index contributed by atoms with van der Waals surface area (Å²) in [5.41, 5.74) is 0.404. The van der Waals surface area contributed by atoms with Crippen LogP contribution >= 0.6 is 11.6 Å². The number of nitrogens with zero attached hydrogens (tertiary/aromatic N) is 2. The molecule has 0 aliphatic heterocycles. The number of carbonyl (C=O) groups excluding carboxylic acids is 2. The Balaban J connectivity index is 1.68. The fourth-order valence-corrected chi connectivity index (χ4v) is 3.27. The summed E-state index contributed by atoms with van der Waals surface area (Å²) in [6.07, 6.45) is 3.20. The summed E-state index contributed by atoms with van der Waals surface area (Å²) < 4.78 is 11.3. The lowest BCUT2D eigenvalue weighted by Gasteiger charge is -2.21. The average molecular weight is 484 g/mol. The molecule has 1 N–H and O–H groups in total. The molecule has 176 valence electrons. The Morgan fingerprint density at radius 1 is 1.15 bits per heavy atom. The van der Waals surface area contributed by atoms with E-state index in [1.54, 1.807) is 62.6 Å². The third-order valence-corrected chi connectivity index (χ3v) is 5.13. The van der Waals surface area contributed by atoms with Crippen molar-refractivity contribution in [3.63, 3.8) is 0 Å². The first kappa shape index (κ1) is 24.7. The van der Waals surface area contributed by atoms with Crippen LogP contribution in [0, 0.1) is 16.0 Å². The molecule has 1 atom stereocenters. The fourth-order valence-electron chi connectivity index (χ4n) is 3.01. The van der Waals surface area contributed by atoms with Gasteiger partial charge < -0.3 is 14.8 Å². The van der Waals surface area contributed by atoms with E-state index < -0.39 is 22.8 Å². The lowest BCUT2D eigenvalue weighted by Crippen LogP contribution is -2.45. The maximum atomic E-state index is 12.8. The zero-order valence-corrected chi connectivity index (χ0v) is 19.2. The molecule has 0 aliphatic carbocycles. The average Bonchev–Trinajstić information content (AvgIpc) is 2.82. The Bertz CT molecular complexity index is 1190. The first-order valence-corrected chi connectivity index (χ1v) is 10.7. The molecule has 0 unspecified atom stereocenters. The van der Waals surface area contributed by atoms with Gasteiger partial charge in [-0.3, -0.25) is 19.9 Å². The summed E-state index contributed by atoms with van der Waals surface area (Å²) in [6.45, 7) is 3.43. The highest BCUT2D eigenvalue weighted by molar-refractivity contribution is 6.34. The van der Waals surface area contributed by atoms with E-state index in [9.17, 15) is 19.7 Å². The Kier molecular flexibility index (Phi) is 8.15. The molecule has 0 saturated heterocycles. The summed E-state index contributed by atoms with van der Waals surface area (Å²) >= 11 is 6.04. The summed E-state index contributed by atoms with van der Waals surface area (Å²) in [5, 5.41) is 13.4. The summed E-state index contributed by atoms with van der Waals surface area (Å²) in [5.74, 6) is -0.539. The van der Waals surface area contributed by atoms with Crippen LogP contribution in [0.4, 0.5) is 5.69 Å². The number of non-ortho nitro benzene ring substituents is 1. The van der Waals surface area contributed by atoms with Crippen molar-refractivity contribution in [3.8, 4) is 11.5 Å². The minimum atomic E-state index is -0.967. The van der Waals surface area contributed by atoms with Gasteiger partial charge in [0.1, 0.15) is 24.1 Å². The highest BCUT2D eigenvalue weighted by Crippen LogP contribution is 2.26. The van der Waals surface area contributed by atoms with E-state index in [1.807, 2.05) is 0 Å². The van der Waals surface area contributed by atoms with Crippen molar-refractivity contribution in [2.45, 2.75) is 26.5 Å². The van der Waals surface area contributed by atoms with Crippen LogP contribution in [-0.2, 0) is 16.1 Å². The van der Waals surface area contributed by atoms with Crippen LogP contribution in [0.25, 0.3) is 0 Å². The van der Waals surface area contributed by atoms with Crippen LogP contribution in [0.1, 0.15) is 29.8 Å². The molecule has 0 saturated carbocycles. The number of hydrogen-bond donors (Lipinski definition) is 1. The number of esters is 1. The second-order valence-corrected chi connectivity index (χ2v) is 8.03. The van der Waals surface area contributed by atoms with E-state index >= 15 is 0 Å². The third-order valence-electron chi connectivity index (χ3n) is 4.82. The van der Waals surface area contributed by atoms with Gasteiger partial charge in [0.05, 0.1) is 21.7 Å². The lowest BCUT2D eigenvalue weighted by atomic mass is 10.0. The van der Waals surface area contributed by atoms with E-state index in [1.165, 1.54) is 12.1 Å². The number of nitrogens with one attached hydrogen (secondary N) is 1. The molecule has 10 heteroatoms. The van der Waals surface area contributed by atoms with Crippen LogP contribution in [0.2, 0.25) is 5.02 Å². The van der Waals surface area contributed by atoms with Gasteiger partial charge >= 0.3 is 5.97 Å². The van der Waals surface area contributed by atoms with Crippen molar-refractivity contribution in [2.24, 2.45) is 5.92 Å². The summed E-state index contributed by atoms with van der Waals surface area (Å²) in [7, 11) is 0. The molecule has 1 amide bonds. The number of hydrogen-bond acceptors (Lipinski definition) is 7. The molecule has 3 aromatic rings. The maximum absolute atomic E-state index is 12.8. The van der Waals surface area contributed by atoms with Crippen molar-refractivity contribution >= 4 is 29.2 Å². The number of rotatable bonds is 9. The normalized spacial score (nSPS) is 11.5. The van der Waals surface area contributed by atoms with Gasteiger partial charge in [-0.1, -0.05) is 43.6 Å². The van der Waals surface area contributed by atoms with Gasteiger partial charge in [-0.25, -0.2) is 4.79 Å². The van der Waals surface area contributed by atoms with Gasteiger partial charge in [-0.05, 0) is 30.2 Å². The number of pyridine rings is 1. The zero-order valence-electron chi connectivity index (χ0n) is 18.4. The predicted molar refractivity (Wildman–Crippen MR) is 125 cm³/mol. The van der Waals surface area contributed by atoms with Crippen molar-refractivity contribution in [1.29, 1.82) is 0 Å². The zero-order chi connectivity index (χ0) is 24.7. The number of benzene rings is 2. The number of nitro groups is 1. The number of para-hydroxylation sites is 1. The molecule has 1 heterocycles. The van der Waals surface area contributed by atoms with E-state index in [2.05, 4.69) is 10.3 Å². The van der Waals surface area contributed by atoms with Crippen LogP contribution in [0.15, 0.2) is 67.0 Å². The minimum Gasteiger partial charge on any atom is -0.459 e. The standard InChI is InChI=1S/C24H22ClN3O6/c1-15(2)22(27-23(29)19-10-9-17(28(31)32)12-20(19)25)24(30)33-14-16-6-3-4-8-21(16)34-18-7-5-11-26-13-18/h3-13,15,22H,14H2,1-2H3,(H,27,29)/t22-/m0/s1. The molecule has 1 aromatic heterocycles. The number of amides is 1. The summed E-state index contributed by atoms with van der Waals surface area (Å²) in [6, 6.07) is 13.1. The number of nitro benzene ring substituents is 1. The monoisotopic (exact) mass is 483 g/mol. The Labute approximate surface area is 200 Å². The van der Waals surface area contributed by atoms with Gasteiger partial charge in [-0.15, -0.1) is 0 Å². The largest absolute Gasteiger partial charge is 0.459 e. The van der Waals surface area contributed by atoms with Crippen LogP contribution in [-0.4, -0.2) is 27.8 Å². The first-order chi connectivity index (χ1) is 16.3. The second kappa shape index (κ2) is 11.2. The van der Waals surface area contributed by atoms with Gasteiger partial charge in [0.2, 0.25) is 0 Å². The molecular formula is C24H22ClN3O6. The molecule has 0 fully saturated rings. The van der Waals surface area contributed by atoms with E-state index in [4.69, 9.17) is 21.1 Å². The number of ether oxygens (including phenoxy) is 2. The third kappa shape index (κ3) is 6.29. The number of carbonyl (C=O) groups is 2. The number of halogens is 1. The smallest absolute Gasteiger partial charge is 0.329 e. The van der Waals surface area contributed by atoms with Crippen LogP contribution < -0.4 is 10.1 Å². The van der Waals surface area contributed by atoms with Crippen molar-refractivity contribution in [3.05, 3.63) is 93.3 Å². The molecule has 0 spiro atoms. The maximum Gasteiger partial charge on any atom is 0.329 e. The Hall–Kier alpha value is -3.98. The molecule has 9 nitrogen and oxygen atoms in total. The van der Waals surface area contributed by atoms with Gasteiger partial charge in [-0.2, -0.15) is 0 Å². The van der Waals surface area contributed by atoms with E-state index in [0.717, 1.165) is 6.07 Å². The first-order valence-electron chi connectivity index (χ1n) is 10.3. The van der Waals surface area contributed by atoms with Crippen LogP contribution in [0.5, 0.6) is 11.5 Å².